The van der Waals surface area contributed by atoms with Crippen LogP contribution in [0.1, 0.15) is 33.2 Å². The number of aromatic nitrogens is 2. The average molecular weight is 386 g/mol. The third-order valence-corrected chi connectivity index (χ3v) is 5.11. The van der Waals surface area contributed by atoms with Gasteiger partial charge in [0.15, 0.2) is 0 Å². The lowest BCUT2D eigenvalue weighted by molar-refractivity contribution is 0.0722. The summed E-state index contributed by atoms with van der Waals surface area (Å²) in [7, 11) is 1.62. The molecule has 0 aliphatic carbocycles. The number of halogens is 2. The second-order valence-corrected chi connectivity index (χ2v) is 6.81. The van der Waals surface area contributed by atoms with E-state index in [4.69, 9.17) is 16.3 Å². The van der Waals surface area contributed by atoms with Gasteiger partial charge >= 0.3 is 0 Å². The molecule has 27 heavy (non-hydrogen) atoms. The number of methoxy groups -OCH3 is 1. The second-order valence-electron chi connectivity index (χ2n) is 6.40. The molecule has 138 valence electrons. The van der Waals surface area contributed by atoms with Gasteiger partial charge in [-0.1, -0.05) is 23.7 Å². The molecule has 1 amide bonds. The fourth-order valence-corrected chi connectivity index (χ4v) is 3.66. The Labute approximate surface area is 160 Å². The van der Waals surface area contributed by atoms with Gasteiger partial charge in [-0.15, -0.1) is 0 Å². The molecule has 0 saturated carbocycles. The minimum Gasteiger partial charge on any atom is -0.497 e. The van der Waals surface area contributed by atoms with Gasteiger partial charge in [0.25, 0.3) is 5.91 Å². The number of aromatic amines is 1. The van der Waals surface area contributed by atoms with Crippen LogP contribution in [0.15, 0.2) is 48.8 Å². The Bertz CT molecular complexity index is 987. The first kappa shape index (κ1) is 17.5. The minimum atomic E-state index is -0.470. The summed E-state index contributed by atoms with van der Waals surface area (Å²) in [5.41, 5.74) is 3.13. The van der Waals surface area contributed by atoms with Gasteiger partial charge in [-0.3, -0.25) is 4.79 Å². The van der Waals surface area contributed by atoms with E-state index in [0.717, 1.165) is 28.8 Å². The second kappa shape index (κ2) is 7.04. The van der Waals surface area contributed by atoms with Gasteiger partial charge < -0.3 is 14.6 Å². The number of ether oxygens (including phenoxy) is 1. The normalized spacial score (nSPS) is 16.1. The number of nitrogens with zero attached hydrogens (tertiary/aromatic N) is 2. The molecule has 2 aromatic carbocycles. The van der Waals surface area contributed by atoms with Crippen LogP contribution in [0.25, 0.3) is 0 Å². The highest BCUT2D eigenvalue weighted by Crippen LogP contribution is 2.33. The van der Waals surface area contributed by atoms with Gasteiger partial charge in [0.2, 0.25) is 0 Å². The summed E-state index contributed by atoms with van der Waals surface area (Å²) >= 11 is 6.09. The molecule has 1 aliphatic rings. The molecule has 7 heteroatoms. The largest absolute Gasteiger partial charge is 0.497 e. The lowest BCUT2D eigenvalue weighted by Gasteiger charge is -2.32. The van der Waals surface area contributed by atoms with Crippen molar-refractivity contribution in [2.75, 3.05) is 13.7 Å². The Morgan fingerprint density at radius 1 is 1.30 bits per heavy atom. The molecule has 0 saturated heterocycles. The van der Waals surface area contributed by atoms with Crippen LogP contribution < -0.4 is 4.74 Å². The van der Waals surface area contributed by atoms with Crippen molar-refractivity contribution >= 4 is 17.5 Å². The first-order valence-electron chi connectivity index (χ1n) is 8.47. The van der Waals surface area contributed by atoms with Gasteiger partial charge in [0.05, 0.1) is 42.0 Å². The maximum Gasteiger partial charge on any atom is 0.255 e. The highest BCUT2D eigenvalue weighted by molar-refractivity contribution is 6.33. The first-order valence-corrected chi connectivity index (χ1v) is 8.85. The number of nitrogens with one attached hydrogen (secondary N) is 1. The monoisotopic (exact) mass is 385 g/mol. The van der Waals surface area contributed by atoms with E-state index in [1.54, 1.807) is 18.3 Å². The number of rotatable bonds is 3. The van der Waals surface area contributed by atoms with Crippen molar-refractivity contribution < 1.29 is 13.9 Å². The van der Waals surface area contributed by atoms with E-state index in [-0.39, 0.29) is 22.4 Å². The van der Waals surface area contributed by atoms with Crippen molar-refractivity contribution in [3.05, 3.63) is 82.1 Å². The molecule has 0 bridgehead atoms. The highest BCUT2D eigenvalue weighted by atomic mass is 35.5. The number of amides is 1. The van der Waals surface area contributed by atoms with Gasteiger partial charge in [-0.25, -0.2) is 9.37 Å². The predicted octanol–water partition coefficient (Wildman–Crippen LogP) is 4.00. The summed E-state index contributed by atoms with van der Waals surface area (Å²) < 4.78 is 18.5. The van der Waals surface area contributed by atoms with E-state index in [2.05, 4.69) is 9.97 Å². The minimum absolute atomic E-state index is 0.0749. The Hall–Kier alpha value is -2.86. The smallest absolute Gasteiger partial charge is 0.255 e. The van der Waals surface area contributed by atoms with Gasteiger partial charge in [0, 0.05) is 12.5 Å². The molecule has 4 rings (SSSR count). The highest BCUT2D eigenvalue weighted by Gasteiger charge is 2.32. The summed E-state index contributed by atoms with van der Waals surface area (Å²) in [5, 5.41) is 0.108. The zero-order valence-electron chi connectivity index (χ0n) is 14.6. The van der Waals surface area contributed by atoms with Crippen LogP contribution in [0.2, 0.25) is 5.02 Å². The summed E-state index contributed by atoms with van der Waals surface area (Å²) in [6.07, 6.45) is 1.64. The van der Waals surface area contributed by atoms with Gasteiger partial charge in [-0.05, 0) is 35.9 Å². The zero-order chi connectivity index (χ0) is 19.0. The number of H-pyrrole nitrogens is 1. The lowest BCUT2D eigenvalue weighted by Crippen LogP contribution is -2.38. The van der Waals surface area contributed by atoms with Crippen molar-refractivity contribution in [2.45, 2.75) is 12.5 Å². The van der Waals surface area contributed by atoms with E-state index >= 15 is 0 Å². The van der Waals surface area contributed by atoms with E-state index in [1.807, 2.05) is 24.3 Å². The Morgan fingerprint density at radius 3 is 2.78 bits per heavy atom. The van der Waals surface area contributed by atoms with Crippen molar-refractivity contribution in [3.8, 4) is 5.75 Å². The van der Waals surface area contributed by atoms with Crippen LogP contribution in [0.3, 0.4) is 0 Å². The topological polar surface area (TPSA) is 58.2 Å². The number of hydrogen-bond acceptors (Lipinski definition) is 3. The first-order chi connectivity index (χ1) is 13.1. The summed E-state index contributed by atoms with van der Waals surface area (Å²) in [6.45, 7) is 0.852. The number of benzene rings is 2. The quantitative estimate of drug-likeness (QED) is 0.741. The maximum atomic E-state index is 13.3. The molecule has 3 aromatic rings. The van der Waals surface area contributed by atoms with Crippen LogP contribution in [0, 0.1) is 5.82 Å². The summed E-state index contributed by atoms with van der Waals surface area (Å²) in [6, 6.07) is 11.5. The van der Waals surface area contributed by atoms with Crippen LogP contribution in [0.4, 0.5) is 4.39 Å². The van der Waals surface area contributed by atoms with Crippen LogP contribution in [-0.4, -0.2) is 34.4 Å². The van der Waals surface area contributed by atoms with Crippen molar-refractivity contribution in [3.63, 3.8) is 0 Å². The third-order valence-electron chi connectivity index (χ3n) is 4.80. The SMILES string of the molecule is COc1ccc(C2CN(C(=O)c3ccc(F)cc3Cl)Cc3[nH]cnc32)cc1. The number of carbonyl (C=O) groups excluding carboxylic acids is 1. The van der Waals surface area contributed by atoms with Crippen LogP contribution in [-0.2, 0) is 6.54 Å². The van der Waals surface area contributed by atoms with E-state index in [0.29, 0.717) is 13.1 Å². The number of hydrogen-bond donors (Lipinski definition) is 1. The molecule has 1 aliphatic heterocycles. The Balaban J connectivity index is 1.67. The fourth-order valence-electron chi connectivity index (χ4n) is 3.41. The standard InChI is InChI=1S/C20H17ClFN3O2/c1-27-14-5-2-12(3-6-14)16-9-25(10-18-19(16)24-11-23-18)20(26)15-7-4-13(22)8-17(15)21/h2-8,11,16H,9-10H2,1H3,(H,23,24). The molecule has 0 radical (unpaired) electrons. The Morgan fingerprint density at radius 2 is 2.07 bits per heavy atom. The molecular formula is C20H17ClFN3O2. The molecule has 2 heterocycles. The molecule has 1 atom stereocenters. The third kappa shape index (κ3) is 3.28. The average Bonchev–Trinajstić information content (AvgIpc) is 3.15. The molecule has 0 spiro atoms. The van der Waals surface area contributed by atoms with Gasteiger partial charge in [0.1, 0.15) is 11.6 Å². The molecule has 1 N–H and O–H groups in total. The van der Waals surface area contributed by atoms with Crippen molar-refractivity contribution in [1.29, 1.82) is 0 Å². The summed E-state index contributed by atoms with van der Waals surface area (Å²) in [4.78, 5) is 22.3. The van der Waals surface area contributed by atoms with E-state index in [1.165, 1.54) is 12.1 Å². The zero-order valence-corrected chi connectivity index (χ0v) is 15.3. The summed E-state index contributed by atoms with van der Waals surface area (Å²) in [5.74, 6) is -0.0159. The van der Waals surface area contributed by atoms with Gasteiger partial charge in [-0.2, -0.15) is 0 Å². The molecule has 0 fully saturated rings. The van der Waals surface area contributed by atoms with E-state index < -0.39 is 5.82 Å². The number of fused-ring (bicyclic) bond motifs is 1. The van der Waals surface area contributed by atoms with Crippen LogP contribution in [0.5, 0.6) is 5.75 Å². The predicted molar refractivity (Wildman–Crippen MR) is 99.6 cm³/mol. The molecule has 1 unspecified atom stereocenters. The lowest BCUT2D eigenvalue weighted by atomic mass is 9.90. The van der Waals surface area contributed by atoms with Crippen LogP contribution >= 0.6 is 11.6 Å². The van der Waals surface area contributed by atoms with E-state index in [9.17, 15) is 9.18 Å². The molecule has 1 aromatic heterocycles. The maximum absolute atomic E-state index is 13.3. The van der Waals surface area contributed by atoms with Crippen molar-refractivity contribution in [1.82, 2.24) is 14.9 Å². The molecule has 5 nitrogen and oxygen atoms in total. The fraction of sp³-hybridized carbons (Fsp3) is 0.200. The number of imidazole rings is 1. The van der Waals surface area contributed by atoms with Crippen molar-refractivity contribution in [2.24, 2.45) is 0 Å². The number of carbonyl (C=O) groups is 1. The molecular weight excluding hydrogens is 369 g/mol. The Kier molecular flexibility index (Phi) is 4.58.